The van der Waals surface area contributed by atoms with Crippen molar-refractivity contribution in [3.63, 3.8) is 0 Å². The molecule has 3 N–H and O–H groups in total. The van der Waals surface area contributed by atoms with E-state index in [2.05, 4.69) is 4.98 Å². The number of benzene rings is 1. The predicted octanol–water partition coefficient (Wildman–Crippen LogP) is 0.147. The van der Waals surface area contributed by atoms with E-state index in [0.717, 1.165) is 0 Å². The zero-order chi connectivity index (χ0) is 22.1. The molecule has 1 amide bonds. The van der Waals surface area contributed by atoms with Gasteiger partial charge in [0.1, 0.15) is 5.75 Å². The molecule has 1 aliphatic rings. The number of aliphatic carboxylic acids is 1. The van der Waals surface area contributed by atoms with E-state index in [4.69, 9.17) is 9.84 Å². The molecule has 1 fully saturated rings. The van der Waals surface area contributed by atoms with Crippen molar-refractivity contribution in [2.24, 2.45) is 0 Å². The highest BCUT2D eigenvalue weighted by Gasteiger charge is 2.41. The fraction of sp³-hybridized carbons (Fsp3) is 0.400. The Hall–Kier alpha value is -3.40. The molecule has 2 atom stereocenters. The fourth-order valence-electron chi connectivity index (χ4n) is 3.46. The Labute approximate surface area is 171 Å². The predicted molar refractivity (Wildman–Crippen MR) is 106 cm³/mol. The smallest absolute Gasteiger partial charge is 0.341 e. The molecule has 0 saturated carbocycles. The first kappa shape index (κ1) is 21.3. The van der Waals surface area contributed by atoms with Crippen LogP contribution in [0.1, 0.15) is 35.3 Å². The number of carboxylic acid groups (broad SMARTS) is 1. The second-order valence-electron chi connectivity index (χ2n) is 7.56. The Morgan fingerprint density at radius 1 is 1.33 bits per heavy atom. The van der Waals surface area contributed by atoms with Crippen LogP contribution in [0.5, 0.6) is 5.75 Å². The maximum Gasteiger partial charge on any atom is 0.341 e. The molecule has 1 saturated heterocycles. The Bertz CT molecular complexity index is 1090. The fourth-order valence-corrected chi connectivity index (χ4v) is 3.46. The van der Waals surface area contributed by atoms with Crippen LogP contribution in [0, 0.1) is 6.92 Å². The average molecular weight is 417 g/mol. The zero-order valence-corrected chi connectivity index (χ0v) is 16.6. The minimum atomic E-state index is -1.27. The Morgan fingerprint density at radius 3 is 2.77 bits per heavy atom. The summed E-state index contributed by atoms with van der Waals surface area (Å²) in [6, 6.07) is 5.39. The number of carboxylic acids is 1. The normalized spacial score (nSPS) is 21.3. The van der Waals surface area contributed by atoms with Gasteiger partial charge in [0.25, 0.3) is 11.5 Å². The van der Waals surface area contributed by atoms with Gasteiger partial charge in [0, 0.05) is 30.4 Å². The van der Waals surface area contributed by atoms with Crippen molar-refractivity contribution in [1.29, 1.82) is 0 Å². The van der Waals surface area contributed by atoms with E-state index in [0.29, 0.717) is 11.1 Å². The maximum atomic E-state index is 13.0. The van der Waals surface area contributed by atoms with Crippen LogP contribution in [0.3, 0.4) is 0 Å². The average Bonchev–Trinajstić information content (AvgIpc) is 2.69. The number of carbonyl (C=O) groups is 2. The van der Waals surface area contributed by atoms with Crippen molar-refractivity contribution >= 4 is 11.9 Å². The number of aryl methyl sites for hydroxylation is 1. The molecule has 1 aliphatic heterocycles. The van der Waals surface area contributed by atoms with Crippen LogP contribution < -0.4 is 16.0 Å². The van der Waals surface area contributed by atoms with Crippen molar-refractivity contribution in [2.45, 2.75) is 31.9 Å². The van der Waals surface area contributed by atoms with Gasteiger partial charge in [0.15, 0.2) is 6.61 Å². The van der Waals surface area contributed by atoms with Gasteiger partial charge in [-0.1, -0.05) is 6.07 Å². The Kier molecular flexibility index (Phi) is 5.79. The third kappa shape index (κ3) is 4.43. The summed E-state index contributed by atoms with van der Waals surface area (Å²) in [7, 11) is 0. The highest BCUT2D eigenvalue weighted by Crippen LogP contribution is 2.31. The number of aromatic amines is 1. The van der Waals surface area contributed by atoms with Gasteiger partial charge in [0.05, 0.1) is 11.6 Å². The molecule has 10 heteroatoms. The van der Waals surface area contributed by atoms with Gasteiger partial charge in [-0.15, -0.1) is 0 Å². The van der Waals surface area contributed by atoms with Gasteiger partial charge in [-0.2, -0.15) is 0 Å². The first-order chi connectivity index (χ1) is 14.1. The second-order valence-corrected chi connectivity index (χ2v) is 7.56. The third-order valence-corrected chi connectivity index (χ3v) is 5.21. The summed E-state index contributed by atoms with van der Waals surface area (Å²) in [5.74, 6) is -1.23. The number of rotatable bonds is 5. The molecule has 3 rings (SSSR count). The molecule has 2 aromatic rings. The van der Waals surface area contributed by atoms with Crippen molar-refractivity contribution < 1.29 is 24.5 Å². The highest BCUT2D eigenvalue weighted by atomic mass is 16.5. The van der Waals surface area contributed by atoms with E-state index in [1.165, 1.54) is 21.7 Å². The summed E-state index contributed by atoms with van der Waals surface area (Å²) in [6.07, 6.45) is 1.61. The van der Waals surface area contributed by atoms with Crippen LogP contribution in [-0.4, -0.2) is 61.8 Å². The van der Waals surface area contributed by atoms with E-state index < -0.39 is 35.5 Å². The van der Waals surface area contributed by atoms with Crippen molar-refractivity contribution in [3.8, 4) is 5.75 Å². The van der Waals surface area contributed by atoms with E-state index in [-0.39, 0.29) is 31.2 Å². The molecule has 0 aliphatic carbocycles. The molecule has 0 spiro atoms. The van der Waals surface area contributed by atoms with E-state index in [1.807, 2.05) is 0 Å². The van der Waals surface area contributed by atoms with Crippen molar-refractivity contribution in [3.05, 3.63) is 62.4 Å². The van der Waals surface area contributed by atoms with Crippen LogP contribution in [0.15, 0.2) is 40.1 Å². The van der Waals surface area contributed by atoms with E-state index in [1.54, 1.807) is 32.0 Å². The van der Waals surface area contributed by atoms with E-state index >= 15 is 0 Å². The largest absolute Gasteiger partial charge is 0.482 e. The molecule has 0 unspecified atom stereocenters. The number of nitrogens with one attached hydrogen (secondary N) is 1. The monoisotopic (exact) mass is 417 g/mol. The summed E-state index contributed by atoms with van der Waals surface area (Å²) < 4.78 is 6.37. The highest BCUT2D eigenvalue weighted by molar-refractivity contribution is 5.94. The third-order valence-electron chi connectivity index (χ3n) is 5.21. The molecular weight excluding hydrogens is 394 g/mol. The van der Waals surface area contributed by atoms with Crippen LogP contribution in [0.25, 0.3) is 0 Å². The molecule has 0 bridgehead atoms. The number of piperidine rings is 1. The SMILES string of the molecule is Cc1cn([C@@H]2CN(C(=O)c3cccc(OCC(=O)O)c3)CC[C@@]2(C)O)c(=O)[nH]c1=O. The summed E-state index contributed by atoms with van der Waals surface area (Å²) >= 11 is 0. The lowest BCUT2D eigenvalue weighted by molar-refractivity contribution is -0.139. The first-order valence-electron chi connectivity index (χ1n) is 9.37. The lowest BCUT2D eigenvalue weighted by atomic mass is 9.87. The van der Waals surface area contributed by atoms with Gasteiger partial charge in [0.2, 0.25) is 0 Å². The number of hydrogen-bond donors (Lipinski definition) is 3. The van der Waals surface area contributed by atoms with Crippen LogP contribution >= 0.6 is 0 Å². The summed E-state index contributed by atoms with van der Waals surface area (Å²) in [5, 5.41) is 19.6. The van der Waals surface area contributed by atoms with Gasteiger partial charge >= 0.3 is 11.7 Å². The maximum absolute atomic E-state index is 13.0. The Balaban J connectivity index is 1.86. The van der Waals surface area contributed by atoms with Crippen LogP contribution in [-0.2, 0) is 4.79 Å². The topological polar surface area (TPSA) is 142 Å². The summed E-state index contributed by atoms with van der Waals surface area (Å²) in [5.41, 5.74) is -1.81. The molecular formula is C20H23N3O7. The van der Waals surface area contributed by atoms with Crippen LogP contribution in [0.2, 0.25) is 0 Å². The van der Waals surface area contributed by atoms with Gasteiger partial charge < -0.3 is 19.8 Å². The number of aliphatic hydroxyl groups is 1. The number of likely N-dealkylation sites (tertiary alicyclic amines) is 1. The number of amides is 1. The molecule has 1 aromatic heterocycles. The van der Waals surface area contributed by atoms with Gasteiger partial charge in [-0.25, -0.2) is 9.59 Å². The first-order valence-corrected chi connectivity index (χ1v) is 9.37. The molecule has 160 valence electrons. The molecule has 1 aromatic carbocycles. The summed E-state index contributed by atoms with van der Waals surface area (Å²) in [6.45, 7) is 2.93. The van der Waals surface area contributed by atoms with Crippen LogP contribution in [0.4, 0.5) is 0 Å². The minimum Gasteiger partial charge on any atom is -0.482 e. The lowest BCUT2D eigenvalue weighted by Gasteiger charge is -2.43. The molecule has 0 radical (unpaired) electrons. The number of carbonyl (C=O) groups excluding carboxylic acids is 1. The van der Waals surface area contributed by atoms with Gasteiger partial charge in [-0.3, -0.25) is 19.1 Å². The molecule has 30 heavy (non-hydrogen) atoms. The number of nitrogens with zero attached hydrogens (tertiary/aromatic N) is 2. The van der Waals surface area contributed by atoms with Crippen molar-refractivity contribution in [2.75, 3.05) is 19.7 Å². The van der Waals surface area contributed by atoms with E-state index in [9.17, 15) is 24.3 Å². The molecule has 2 heterocycles. The number of aromatic nitrogens is 2. The Morgan fingerprint density at radius 2 is 2.07 bits per heavy atom. The lowest BCUT2D eigenvalue weighted by Crippen LogP contribution is -2.55. The minimum absolute atomic E-state index is 0.0530. The zero-order valence-electron chi connectivity index (χ0n) is 16.6. The number of hydrogen-bond acceptors (Lipinski definition) is 6. The number of H-pyrrole nitrogens is 1. The van der Waals surface area contributed by atoms with Crippen molar-refractivity contribution in [1.82, 2.24) is 14.5 Å². The second kappa shape index (κ2) is 8.15. The quantitative estimate of drug-likeness (QED) is 0.628. The summed E-state index contributed by atoms with van der Waals surface area (Å²) in [4.78, 5) is 51.4. The standard InChI is InChI=1S/C20H23N3O7/c1-12-9-23(19(28)21-17(12)26)15-10-22(7-6-20(15,2)29)18(27)13-4-3-5-14(8-13)30-11-16(24)25/h3-5,8-9,15,29H,6-7,10-11H2,1-2H3,(H,24,25)(H,21,26,28)/t15-,20-/m1/s1. The molecule has 10 nitrogen and oxygen atoms in total. The number of ether oxygens (including phenoxy) is 1. The van der Waals surface area contributed by atoms with Gasteiger partial charge in [-0.05, 0) is 38.5 Å².